The third kappa shape index (κ3) is 1.57. The highest BCUT2D eigenvalue weighted by atomic mass is 32.2. The molecule has 1 aliphatic heterocycles. The van der Waals surface area contributed by atoms with Crippen molar-refractivity contribution < 1.29 is 0 Å². The zero-order chi connectivity index (χ0) is 10.1. The molecule has 4 heteroatoms. The number of nitrogens with one attached hydrogen (secondary N) is 1. The van der Waals surface area contributed by atoms with Crippen LogP contribution in [0.15, 0.2) is 0 Å². The van der Waals surface area contributed by atoms with E-state index in [1.807, 2.05) is 18.8 Å². The number of nitrogens with zero attached hydrogens (tertiary/aromatic N) is 2. The first-order chi connectivity index (χ1) is 6.74. The predicted molar refractivity (Wildman–Crippen MR) is 60.8 cm³/mol. The molecular formula is C10H17N3S. The number of aryl methyl sites for hydroxylation is 1. The number of rotatable bonds is 3. The molecule has 0 aliphatic carbocycles. The van der Waals surface area contributed by atoms with Crippen LogP contribution in [0.5, 0.6) is 0 Å². The molecule has 3 nitrogen and oxygen atoms in total. The van der Waals surface area contributed by atoms with E-state index in [0.29, 0.717) is 6.04 Å². The second-order valence-corrected chi connectivity index (χ2v) is 4.89. The molecule has 0 atom stereocenters. The number of thioether (sulfide) groups is 1. The second-order valence-electron chi connectivity index (χ2n) is 3.82. The molecule has 2 heterocycles. The van der Waals surface area contributed by atoms with Gasteiger partial charge in [-0.05, 0) is 20.9 Å². The molecule has 78 valence electrons. The SMILES string of the molecule is CNCc1c(C)nn(C2CSC2)c1C. The zero-order valence-corrected chi connectivity index (χ0v) is 9.82. The normalized spacial score (nSPS) is 17.1. The van der Waals surface area contributed by atoms with E-state index >= 15 is 0 Å². The third-order valence-electron chi connectivity index (χ3n) is 2.79. The third-order valence-corrected chi connectivity index (χ3v) is 4.04. The molecule has 0 aromatic carbocycles. The first-order valence-corrected chi connectivity index (χ1v) is 6.16. The molecule has 1 fully saturated rings. The van der Waals surface area contributed by atoms with Gasteiger partial charge < -0.3 is 5.32 Å². The van der Waals surface area contributed by atoms with Crippen molar-refractivity contribution in [3.8, 4) is 0 Å². The van der Waals surface area contributed by atoms with Crippen LogP contribution in [0.2, 0.25) is 0 Å². The molecule has 0 radical (unpaired) electrons. The molecule has 0 spiro atoms. The minimum Gasteiger partial charge on any atom is -0.316 e. The van der Waals surface area contributed by atoms with Crippen LogP contribution in [-0.2, 0) is 6.54 Å². The Morgan fingerprint density at radius 3 is 2.71 bits per heavy atom. The van der Waals surface area contributed by atoms with Crippen LogP contribution < -0.4 is 5.32 Å². The molecule has 14 heavy (non-hydrogen) atoms. The van der Waals surface area contributed by atoms with Crippen molar-refractivity contribution in [3.05, 3.63) is 17.0 Å². The van der Waals surface area contributed by atoms with Crippen molar-refractivity contribution in [1.29, 1.82) is 0 Å². The van der Waals surface area contributed by atoms with E-state index < -0.39 is 0 Å². The van der Waals surface area contributed by atoms with E-state index in [9.17, 15) is 0 Å². The Bertz CT molecular complexity index is 328. The van der Waals surface area contributed by atoms with Crippen LogP contribution in [0.1, 0.15) is 23.0 Å². The minimum absolute atomic E-state index is 0.643. The van der Waals surface area contributed by atoms with Crippen molar-refractivity contribution in [2.75, 3.05) is 18.6 Å². The van der Waals surface area contributed by atoms with Crippen LogP contribution in [-0.4, -0.2) is 28.3 Å². The quantitative estimate of drug-likeness (QED) is 0.822. The fourth-order valence-electron chi connectivity index (χ4n) is 1.85. The molecule has 2 rings (SSSR count). The fourth-order valence-corrected chi connectivity index (χ4v) is 2.58. The van der Waals surface area contributed by atoms with Gasteiger partial charge in [0.1, 0.15) is 0 Å². The van der Waals surface area contributed by atoms with E-state index in [1.54, 1.807) is 0 Å². The van der Waals surface area contributed by atoms with Gasteiger partial charge in [0.05, 0.1) is 11.7 Å². The minimum atomic E-state index is 0.643. The Kier molecular flexibility index (Phi) is 2.83. The van der Waals surface area contributed by atoms with E-state index in [0.717, 1.165) is 6.54 Å². The molecule has 1 N–H and O–H groups in total. The lowest BCUT2D eigenvalue weighted by Crippen LogP contribution is -2.25. The summed E-state index contributed by atoms with van der Waals surface area (Å²) in [5, 5.41) is 7.81. The second kappa shape index (κ2) is 3.95. The van der Waals surface area contributed by atoms with E-state index in [1.165, 1.54) is 28.5 Å². The summed E-state index contributed by atoms with van der Waals surface area (Å²) in [4.78, 5) is 0. The topological polar surface area (TPSA) is 29.9 Å². The number of hydrogen-bond acceptors (Lipinski definition) is 3. The van der Waals surface area contributed by atoms with Gasteiger partial charge in [0, 0.05) is 29.3 Å². The fraction of sp³-hybridized carbons (Fsp3) is 0.700. The van der Waals surface area contributed by atoms with Crippen LogP contribution in [0.3, 0.4) is 0 Å². The average molecular weight is 211 g/mol. The molecule has 1 aliphatic rings. The summed E-state index contributed by atoms with van der Waals surface area (Å²) < 4.78 is 2.21. The summed E-state index contributed by atoms with van der Waals surface area (Å²) in [7, 11) is 1.98. The molecule has 0 saturated carbocycles. The molecule has 0 bridgehead atoms. The van der Waals surface area contributed by atoms with Gasteiger partial charge in [-0.2, -0.15) is 16.9 Å². The van der Waals surface area contributed by atoms with Gasteiger partial charge in [0.2, 0.25) is 0 Å². The van der Waals surface area contributed by atoms with E-state index in [-0.39, 0.29) is 0 Å². The first-order valence-electron chi connectivity index (χ1n) is 5.01. The van der Waals surface area contributed by atoms with Crippen LogP contribution in [0, 0.1) is 13.8 Å². The smallest absolute Gasteiger partial charge is 0.0703 e. The van der Waals surface area contributed by atoms with Crippen LogP contribution in [0.25, 0.3) is 0 Å². The molecular weight excluding hydrogens is 194 g/mol. The summed E-state index contributed by atoms with van der Waals surface area (Å²) in [5.41, 5.74) is 3.88. The Balaban J connectivity index is 2.28. The summed E-state index contributed by atoms with van der Waals surface area (Å²) >= 11 is 2.00. The highest BCUT2D eigenvalue weighted by Gasteiger charge is 2.24. The van der Waals surface area contributed by atoms with Gasteiger partial charge in [-0.25, -0.2) is 0 Å². The largest absolute Gasteiger partial charge is 0.316 e. The van der Waals surface area contributed by atoms with Crippen molar-refractivity contribution in [2.45, 2.75) is 26.4 Å². The summed E-state index contributed by atoms with van der Waals surface area (Å²) in [6, 6.07) is 0.643. The maximum atomic E-state index is 4.61. The molecule has 1 aromatic heterocycles. The summed E-state index contributed by atoms with van der Waals surface area (Å²) in [5.74, 6) is 2.45. The lowest BCUT2D eigenvalue weighted by Gasteiger charge is -2.26. The Morgan fingerprint density at radius 1 is 1.50 bits per heavy atom. The average Bonchev–Trinajstić information content (AvgIpc) is 2.31. The van der Waals surface area contributed by atoms with Gasteiger partial charge in [-0.15, -0.1) is 0 Å². The molecule has 0 unspecified atom stereocenters. The van der Waals surface area contributed by atoms with Crippen molar-refractivity contribution in [3.63, 3.8) is 0 Å². The van der Waals surface area contributed by atoms with Crippen LogP contribution >= 0.6 is 11.8 Å². The van der Waals surface area contributed by atoms with E-state index in [4.69, 9.17) is 0 Å². The predicted octanol–water partition coefficient (Wildman–Crippen LogP) is 1.51. The van der Waals surface area contributed by atoms with Gasteiger partial charge >= 0.3 is 0 Å². The van der Waals surface area contributed by atoms with Gasteiger partial charge in [0.25, 0.3) is 0 Å². The number of aromatic nitrogens is 2. The Labute approximate surface area is 89.3 Å². The lowest BCUT2D eigenvalue weighted by atomic mass is 10.2. The first kappa shape index (κ1) is 10.1. The zero-order valence-electron chi connectivity index (χ0n) is 9.00. The standard InChI is InChI=1S/C10H17N3S/c1-7-10(4-11-3)8(2)13(12-7)9-5-14-6-9/h9,11H,4-6H2,1-3H3. The van der Waals surface area contributed by atoms with Crippen molar-refractivity contribution in [1.82, 2.24) is 15.1 Å². The van der Waals surface area contributed by atoms with Gasteiger partial charge in [-0.3, -0.25) is 4.68 Å². The Morgan fingerprint density at radius 2 is 2.21 bits per heavy atom. The Hall–Kier alpha value is -0.480. The molecule has 1 saturated heterocycles. The van der Waals surface area contributed by atoms with Crippen LogP contribution in [0.4, 0.5) is 0 Å². The summed E-state index contributed by atoms with van der Waals surface area (Å²) in [6.07, 6.45) is 0. The number of hydrogen-bond donors (Lipinski definition) is 1. The summed E-state index contributed by atoms with van der Waals surface area (Å²) in [6.45, 7) is 5.20. The molecule has 1 aromatic rings. The molecule has 0 amide bonds. The van der Waals surface area contributed by atoms with Crippen molar-refractivity contribution in [2.24, 2.45) is 0 Å². The monoisotopic (exact) mass is 211 g/mol. The highest BCUT2D eigenvalue weighted by molar-refractivity contribution is 8.00. The maximum Gasteiger partial charge on any atom is 0.0703 e. The maximum absolute atomic E-state index is 4.61. The van der Waals surface area contributed by atoms with Gasteiger partial charge in [-0.1, -0.05) is 0 Å². The van der Waals surface area contributed by atoms with Gasteiger partial charge in [0.15, 0.2) is 0 Å². The van der Waals surface area contributed by atoms with E-state index in [2.05, 4.69) is 28.9 Å². The highest BCUT2D eigenvalue weighted by Crippen LogP contribution is 2.31. The van der Waals surface area contributed by atoms with Crippen molar-refractivity contribution >= 4 is 11.8 Å². The lowest BCUT2D eigenvalue weighted by molar-refractivity contribution is 0.510.